The van der Waals surface area contributed by atoms with E-state index in [0.29, 0.717) is 10.8 Å². The number of nitrogens with one attached hydrogen (secondary N) is 1. The number of hydrogen-bond donors (Lipinski definition) is 1. The molecule has 0 aromatic heterocycles. The Morgan fingerprint density at radius 2 is 1.74 bits per heavy atom. The molecule has 0 spiro atoms. The second-order valence-corrected chi connectivity index (χ2v) is 10.9. The molecule has 2 rings (SSSR count). The van der Waals surface area contributed by atoms with Crippen molar-refractivity contribution in [3.63, 3.8) is 0 Å². The Bertz CT molecular complexity index is 1140. The van der Waals surface area contributed by atoms with Crippen LogP contribution in [0.1, 0.15) is 38.3 Å². The summed E-state index contributed by atoms with van der Waals surface area (Å²) in [4.78, 5) is 27.8. The van der Waals surface area contributed by atoms with Crippen LogP contribution in [0.2, 0.25) is 5.02 Å². The van der Waals surface area contributed by atoms with Gasteiger partial charge >= 0.3 is 0 Å². The summed E-state index contributed by atoms with van der Waals surface area (Å²) in [5.41, 5.74) is 1.83. The van der Waals surface area contributed by atoms with Gasteiger partial charge in [0.15, 0.2) is 0 Å². The van der Waals surface area contributed by atoms with Gasteiger partial charge in [-0.25, -0.2) is 8.42 Å². The summed E-state index contributed by atoms with van der Waals surface area (Å²) < 4.78 is 31.4. The zero-order valence-corrected chi connectivity index (χ0v) is 22.6. The van der Waals surface area contributed by atoms with Gasteiger partial charge in [0.2, 0.25) is 21.8 Å². The van der Waals surface area contributed by atoms with Crippen molar-refractivity contribution in [3.8, 4) is 5.75 Å². The Morgan fingerprint density at radius 1 is 1.11 bits per heavy atom. The number of ether oxygens (including phenoxy) is 1. The topological polar surface area (TPSA) is 96.0 Å². The van der Waals surface area contributed by atoms with E-state index in [4.69, 9.17) is 16.3 Å². The van der Waals surface area contributed by atoms with Crippen LogP contribution in [0.4, 0.5) is 5.69 Å². The minimum atomic E-state index is -3.82. The van der Waals surface area contributed by atoms with Crippen molar-refractivity contribution >= 4 is 39.1 Å². The van der Waals surface area contributed by atoms with Crippen LogP contribution in [0, 0.1) is 6.92 Å². The number of benzene rings is 2. The van der Waals surface area contributed by atoms with Crippen molar-refractivity contribution in [2.45, 2.75) is 52.7 Å². The number of amides is 2. The van der Waals surface area contributed by atoms with Crippen LogP contribution in [0.15, 0.2) is 42.5 Å². The molecule has 0 unspecified atom stereocenters. The van der Waals surface area contributed by atoms with Gasteiger partial charge in [-0.2, -0.15) is 0 Å². The largest absolute Gasteiger partial charge is 0.497 e. The smallest absolute Gasteiger partial charge is 0.244 e. The third-order valence-corrected chi connectivity index (χ3v) is 7.35. The van der Waals surface area contributed by atoms with Gasteiger partial charge in [-0.3, -0.25) is 13.9 Å². The molecule has 35 heavy (non-hydrogen) atoms. The zero-order valence-electron chi connectivity index (χ0n) is 21.0. The Labute approximate surface area is 213 Å². The lowest BCUT2D eigenvalue weighted by Gasteiger charge is -2.32. The van der Waals surface area contributed by atoms with E-state index in [-0.39, 0.29) is 24.2 Å². The minimum absolute atomic E-state index is 0.0647. The quantitative estimate of drug-likeness (QED) is 0.484. The van der Waals surface area contributed by atoms with E-state index >= 15 is 0 Å². The molecule has 0 saturated carbocycles. The predicted octanol–water partition coefficient (Wildman–Crippen LogP) is 3.76. The molecular weight excluding hydrogens is 490 g/mol. The van der Waals surface area contributed by atoms with Crippen LogP contribution in [0.5, 0.6) is 5.75 Å². The summed E-state index contributed by atoms with van der Waals surface area (Å²) in [7, 11) is -2.26. The number of anilines is 1. The summed E-state index contributed by atoms with van der Waals surface area (Å²) in [5, 5.41) is 3.28. The predicted molar refractivity (Wildman–Crippen MR) is 139 cm³/mol. The summed E-state index contributed by atoms with van der Waals surface area (Å²) in [6.07, 6.45) is 1.77. The van der Waals surface area contributed by atoms with Crippen molar-refractivity contribution in [1.82, 2.24) is 10.2 Å². The molecule has 0 fully saturated rings. The molecule has 0 radical (unpaired) electrons. The lowest BCUT2D eigenvalue weighted by atomic mass is 10.1. The number of carbonyl (C=O) groups is 2. The molecule has 192 valence electrons. The van der Waals surface area contributed by atoms with Crippen molar-refractivity contribution in [1.29, 1.82) is 0 Å². The molecule has 0 aliphatic heterocycles. The third kappa shape index (κ3) is 7.86. The van der Waals surface area contributed by atoms with Crippen LogP contribution >= 0.6 is 11.6 Å². The fourth-order valence-corrected chi connectivity index (χ4v) is 4.34. The third-order valence-electron chi connectivity index (χ3n) is 5.80. The monoisotopic (exact) mass is 523 g/mol. The highest BCUT2D eigenvalue weighted by Crippen LogP contribution is 2.25. The lowest BCUT2D eigenvalue weighted by molar-refractivity contribution is -0.139. The maximum atomic E-state index is 13.5. The van der Waals surface area contributed by atoms with Gasteiger partial charge in [0.1, 0.15) is 18.3 Å². The van der Waals surface area contributed by atoms with Crippen LogP contribution < -0.4 is 14.4 Å². The van der Waals surface area contributed by atoms with Crippen LogP contribution in [0.3, 0.4) is 0 Å². The Hall–Kier alpha value is -2.78. The number of aryl methyl sites for hydroxylation is 1. The van der Waals surface area contributed by atoms with E-state index in [1.54, 1.807) is 57.4 Å². The zero-order chi connectivity index (χ0) is 26.3. The van der Waals surface area contributed by atoms with Crippen molar-refractivity contribution < 1.29 is 22.7 Å². The van der Waals surface area contributed by atoms with E-state index in [0.717, 1.165) is 28.1 Å². The van der Waals surface area contributed by atoms with Gasteiger partial charge in [0, 0.05) is 17.6 Å². The van der Waals surface area contributed by atoms with Gasteiger partial charge in [-0.1, -0.05) is 36.7 Å². The first-order valence-corrected chi connectivity index (χ1v) is 13.6. The van der Waals surface area contributed by atoms with Gasteiger partial charge in [-0.15, -0.1) is 0 Å². The number of carbonyl (C=O) groups excluding carboxylic acids is 2. The normalized spacial score (nSPS) is 13.0. The van der Waals surface area contributed by atoms with Crippen molar-refractivity contribution in [3.05, 3.63) is 58.6 Å². The van der Waals surface area contributed by atoms with E-state index < -0.39 is 28.5 Å². The number of rotatable bonds is 11. The average molecular weight is 524 g/mol. The van der Waals surface area contributed by atoms with Gasteiger partial charge in [-0.05, 0) is 62.6 Å². The van der Waals surface area contributed by atoms with E-state index in [2.05, 4.69) is 5.32 Å². The molecule has 2 aromatic carbocycles. The molecule has 10 heteroatoms. The van der Waals surface area contributed by atoms with Crippen LogP contribution in [-0.4, -0.2) is 57.1 Å². The van der Waals surface area contributed by atoms with E-state index in [1.807, 2.05) is 13.8 Å². The second kappa shape index (κ2) is 12.3. The second-order valence-electron chi connectivity index (χ2n) is 8.57. The Balaban J connectivity index is 2.40. The number of methoxy groups -OCH3 is 1. The molecule has 8 nitrogen and oxygen atoms in total. The standard InChI is InChI=1S/C25H34ClN3O5S/c1-7-18(3)27-25(31)19(4)28(15-20-9-12-22(34-5)13-10-20)24(30)16-29(35(6,32)33)21-11-8-17(2)23(26)14-21/h8-14,18-19H,7,15-16H2,1-6H3,(H,27,31)/t18-,19-/m1/s1. The summed E-state index contributed by atoms with van der Waals surface area (Å²) in [6, 6.07) is 11.0. The Morgan fingerprint density at radius 3 is 2.26 bits per heavy atom. The molecule has 0 aliphatic carbocycles. The van der Waals surface area contributed by atoms with E-state index in [1.165, 1.54) is 11.0 Å². The van der Waals surface area contributed by atoms with Crippen LogP contribution in [0.25, 0.3) is 0 Å². The first kappa shape index (κ1) is 28.5. The number of sulfonamides is 1. The molecule has 0 heterocycles. The fraction of sp³-hybridized carbons (Fsp3) is 0.440. The molecule has 2 amide bonds. The maximum Gasteiger partial charge on any atom is 0.244 e. The lowest BCUT2D eigenvalue weighted by Crippen LogP contribution is -2.52. The first-order valence-electron chi connectivity index (χ1n) is 11.3. The Kier molecular flexibility index (Phi) is 9.97. The van der Waals surface area contributed by atoms with Crippen molar-refractivity contribution in [2.75, 3.05) is 24.2 Å². The van der Waals surface area contributed by atoms with Gasteiger partial charge < -0.3 is 15.0 Å². The molecule has 0 aliphatic rings. The summed E-state index contributed by atoms with van der Waals surface area (Å²) >= 11 is 6.21. The molecule has 0 bridgehead atoms. The highest BCUT2D eigenvalue weighted by Gasteiger charge is 2.30. The molecule has 1 N–H and O–H groups in total. The molecule has 2 aromatic rings. The van der Waals surface area contributed by atoms with Crippen molar-refractivity contribution in [2.24, 2.45) is 0 Å². The number of nitrogens with zero attached hydrogens (tertiary/aromatic N) is 2. The number of hydrogen-bond acceptors (Lipinski definition) is 5. The van der Waals surface area contributed by atoms with Gasteiger partial charge in [0.05, 0.1) is 19.1 Å². The average Bonchev–Trinajstić information content (AvgIpc) is 2.81. The van der Waals surface area contributed by atoms with E-state index in [9.17, 15) is 18.0 Å². The molecular formula is C25H34ClN3O5S. The van der Waals surface area contributed by atoms with Gasteiger partial charge in [0.25, 0.3) is 0 Å². The highest BCUT2D eigenvalue weighted by atomic mass is 35.5. The molecule has 0 saturated heterocycles. The van der Waals surface area contributed by atoms with Crippen LogP contribution in [-0.2, 0) is 26.2 Å². The SMILES string of the molecule is CC[C@@H](C)NC(=O)[C@@H](C)N(Cc1ccc(OC)cc1)C(=O)CN(c1ccc(C)c(Cl)c1)S(C)(=O)=O. The summed E-state index contributed by atoms with van der Waals surface area (Å²) in [6.45, 7) is 6.90. The molecule has 2 atom stereocenters. The summed E-state index contributed by atoms with van der Waals surface area (Å²) in [5.74, 6) is -0.172. The fourth-order valence-electron chi connectivity index (χ4n) is 3.33. The maximum absolute atomic E-state index is 13.5. The highest BCUT2D eigenvalue weighted by molar-refractivity contribution is 7.92. The first-order chi connectivity index (χ1) is 16.4. The number of halogens is 1. The minimum Gasteiger partial charge on any atom is -0.497 e.